The summed E-state index contributed by atoms with van der Waals surface area (Å²) < 4.78 is 13.2. The molecule has 1 aromatic rings. The largest absolute Gasteiger partial charge is 0.505 e. The quantitative estimate of drug-likeness (QED) is 0.807. The highest BCUT2D eigenvalue weighted by molar-refractivity contribution is 5.33. The molecule has 1 fully saturated rings. The Balaban J connectivity index is 1.88. The molecular formula is C16H24FNO. The number of hydrogen-bond acceptors (Lipinski definition) is 2. The monoisotopic (exact) mass is 265 g/mol. The average Bonchev–Trinajstić information content (AvgIpc) is 2.69. The van der Waals surface area contributed by atoms with Gasteiger partial charge in [0, 0.05) is 18.2 Å². The van der Waals surface area contributed by atoms with Crippen LogP contribution in [0.2, 0.25) is 0 Å². The van der Waals surface area contributed by atoms with Crippen LogP contribution in [0.15, 0.2) is 18.2 Å². The molecule has 19 heavy (non-hydrogen) atoms. The average molecular weight is 265 g/mol. The number of phenolic OH excluding ortho intramolecular Hbond substituents is 1. The first-order valence-corrected chi connectivity index (χ1v) is 7.38. The highest BCUT2D eigenvalue weighted by Gasteiger charge is 2.19. The van der Waals surface area contributed by atoms with Crippen molar-refractivity contribution in [2.45, 2.75) is 58.0 Å². The lowest BCUT2D eigenvalue weighted by atomic mass is 9.93. The third kappa shape index (κ3) is 3.93. The summed E-state index contributed by atoms with van der Waals surface area (Å²) in [5.74, 6) is -0.0531. The molecule has 1 aromatic carbocycles. The molecule has 0 unspecified atom stereocenters. The van der Waals surface area contributed by atoms with Gasteiger partial charge in [-0.25, -0.2) is 4.39 Å². The molecule has 0 aliphatic heterocycles. The Morgan fingerprint density at radius 3 is 2.63 bits per heavy atom. The fourth-order valence-corrected chi connectivity index (χ4v) is 2.95. The second-order valence-electron chi connectivity index (χ2n) is 5.67. The second-order valence-corrected chi connectivity index (χ2v) is 5.67. The van der Waals surface area contributed by atoms with Gasteiger partial charge in [-0.15, -0.1) is 0 Å². The van der Waals surface area contributed by atoms with E-state index in [4.69, 9.17) is 0 Å². The molecule has 0 amide bonds. The van der Waals surface area contributed by atoms with E-state index in [1.165, 1.54) is 44.6 Å². The second kappa shape index (κ2) is 6.90. The summed E-state index contributed by atoms with van der Waals surface area (Å²) in [5, 5.41) is 13.1. The summed E-state index contributed by atoms with van der Waals surface area (Å²) in [4.78, 5) is 0. The van der Waals surface area contributed by atoms with Crippen LogP contribution in [0.3, 0.4) is 0 Å². The van der Waals surface area contributed by atoms with Crippen molar-refractivity contribution in [3.63, 3.8) is 0 Å². The van der Waals surface area contributed by atoms with Gasteiger partial charge in [-0.3, -0.25) is 0 Å². The Labute approximate surface area is 115 Å². The Hall–Kier alpha value is -1.09. The summed E-state index contributed by atoms with van der Waals surface area (Å²) in [7, 11) is 0. The highest BCUT2D eigenvalue weighted by Crippen LogP contribution is 2.26. The van der Waals surface area contributed by atoms with Gasteiger partial charge in [0.25, 0.3) is 0 Å². The molecule has 3 heteroatoms. The van der Waals surface area contributed by atoms with Crippen molar-refractivity contribution in [3.8, 4) is 5.75 Å². The van der Waals surface area contributed by atoms with Crippen LogP contribution in [0.1, 0.15) is 51.0 Å². The maximum atomic E-state index is 13.2. The number of halogens is 1. The summed E-state index contributed by atoms with van der Waals surface area (Å²) in [6.07, 6.45) is 7.91. The predicted octanol–water partition coefficient (Wildman–Crippen LogP) is 3.98. The van der Waals surface area contributed by atoms with Crippen LogP contribution >= 0.6 is 0 Å². The minimum absolute atomic E-state index is 0.219. The normalized spacial score (nSPS) is 19.1. The van der Waals surface area contributed by atoms with E-state index in [2.05, 4.69) is 12.2 Å². The third-order valence-electron chi connectivity index (χ3n) is 4.29. The van der Waals surface area contributed by atoms with Crippen molar-refractivity contribution in [1.82, 2.24) is 5.32 Å². The van der Waals surface area contributed by atoms with Gasteiger partial charge in [0.2, 0.25) is 0 Å². The van der Waals surface area contributed by atoms with Gasteiger partial charge in [0.05, 0.1) is 0 Å². The van der Waals surface area contributed by atoms with Gasteiger partial charge < -0.3 is 10.4 Å². The van der Waals surface area contributed by atoms with Gasteiger partial charge in [-0.1, -0.05) is 37.8 Å². The van der Waals surface area contributed by atoms with E-state index in [0.29, 0.717) is 24.1 Å². The lowest BCUT2D eigenvalue weighted by Crippen LogP contribution is -2.33. The molecule has 2 rings (SSSR count). The van der Waals surface area contributed by atoms with E-state index in [1.54, 1.807) is 12.1 Å². The van der Waals surface area contributed by atoms with Crippen LogP contribution in [0.4, 0.5) is 4.39 Å². The number of nitrogens with one attached hydrogen (secondary N) is 1. The predicted molar refractivity (Wildman–Crippen MR) is 75.6 cm³/mol. The summed E-state index contributed by atoms with van der Waals surface area (Å²) in [6.45, 7) is 2.73. The summed E-state index contributed by atoms with van der Waals surface area (Å²) in [6, 6.07) is 5.11. The molecule has 2 N–H and O–H groups in total. The molecule has 1 aliphatic rings. The van der Waals surface area contributed by atoms with Gasteiger partial charge in [-0.2, -0.15) is 0 Å². The van der Waals surface area contributed by atoms with Gasteiger partial charge in [0.1, 0.15) is 0 Å². The van der Waals surface area contributed by atoms with Crippen molar-refractivity contribution in [2.75, 3.05) is 0 Å². The van der Waals surface area contributed by atoms with Crippen LogP contribution in [0.25, 0.3) is 0 Å². The first-order valence-electron chi connectivity index (χ1n) is 7.38. The molecule has 0 aromatic heterocycles. The number of phenols is 1. The van der Waals surface area contributed by atoms with E-state index in [9.17, 15) is 9.50 Å². The Kier molecular flexibility index (Phi) is 5.20. The smallest absolute Gasteiger partial charge is 0.165 e. The molecule has 0 heterocycles. The molecule has 0 spiro atoms. The van der Waals surface area contributed by atoms with E-state index in [1.807, 2.05) is 0 Å². The summed E-state index contributed by atoms with van der Waals surface area (Å²) >= 11 is 0. The van der Waals surface area contributed by atoms with Crippen molar-refractivity contribution >= 4 is 0 Å². The third-order valence-corrected chi connectivity index (χ3v) is 4.29. The fraction of sp³-hybridized carbons (Fsp3) is 0.625. The summed E-state index contributed by atoms with van der Waals surface area (Å²) in [5.41, 5.74) is 0.639. The number of aromatic hydroxyl groups is 1. The maximum Gasteiger partial charge on any atom is 0.165 e. The molecule has 1 atom stereocenters. The highest BCUT2D eigenvalue weighted by atomic mass is 19.1. The lowest BCUT2D eigenvalue weighted by Gasteiger charge is -2.24. The topological polar surface area (TPSA) is 32.3 Å². The van der Waals surface area contributed by atoms with Gasteiger partial charge >= 0.3 is 0 Å². The minimum Gasteiger partial charge on any atom is -0.505 e. The van der Waals surface area contributed by atoms with Crippen LogP contribution in [-0.2, 0) is 6.54 Å². The van der Waals surface area contributed by atoms with E-state index >= 15 is 0 Å². The zero-order valence-electron chi connectivity index (χ0n) is 11.7. The van der Waals surface area contributed by atoms with Gasteiger partial charge in [0.15, 0.2) is 11.6 Å². The van der Waals surface area contributed by atoms with Gasteiger partial charge in [-0.05, 0) is 31.7 Å². The van der Waals surface area contributed by atoms with E-state index in [0.717, 1.165) is 0 Å². The molecule has 1 saturated carbocycles. The van der Waals surface area contributed by atoms with Crippen molar-refractivity contribution in [1.29, 1.82) is 0 Å². The first kappa shape index (κ1) is 14.3. The van der Waals surface area contributed by atoms with E-state index < -0.39 is 5.82 Å². The fourth-order valence-electron chi connectivity index (χ4n) is 2.95. The SMILES string of the molecule is C[C@H](NCc1cccc(F)c1O)C1CCCCCC1. The van der Waals surface area contributed by atoms with Crippen LogP contribution in [-0.4, -0.2) is 11.1 Å². The molecular weight excluding hydrogens is 241 g/mol. The lowest BCUT2D eigenvalue weighted by molar-refractivity contribution is 0.333. The first-order chi connectivity index (χ1) is 9.18. The Bertz CT molecular complexity index is 400. The van der Waals surface area contributed by atoms with Crippen molar-refractivity contribution < 1.29 is 9.50 Å². The van der Waals surface area contributed by atoms with Crippen LogP contribution in [0, 0.1) is 11.7 Å². The number of rotatable bonds is 4. The van der Waals surface area contributed by atoms with Crippen molar-refractivity contribution in [2.24, 2.45) is 5.92 Å². The van der Waals surface area contributed by atoms with Crippen LogP contribution < -0.4 is 5.32 Å². The molecule has 0 saturated heterocycles. The Morgan fingerprint density at radius 1 is 1.26 bits per heavy atom. The minimum atomic E-state index is -0.540. The molecule has 1 aliphatic carbocycles. The standard InChI is InChI=1S/C16H24FNO/c1-12(13-7-4-2-3-5-8-13)18-11-14-9-6-10-15(17)16(14)19/h6,9-10,12-13,18-19H,2-5,7-8,11H2,1H3/t12-/m0/s1. The maximum absolute atomic E-state index is 13.2. The number of benzene rings is 1. The zero-order chi connectivity index (χ0) is 13.7. The molecule has 2 nitrogen and oxygen atoms in total. The number of hydrogen-bond donors (Lipinski definition) is 2. The van der Waals surface area contributed by atoms with E-state index in [-0.39, 0.29) is 5.75 Å². The number of para-hydroxylation sites is 1. The molecule has 106 valence electrons. The zero-order valence-corrected chi connectivity index (χ0v) is 11.7. The molecule has 0 radical (unpaired) electrons. The van der Waals surface area contributed by atoms with Crippen LogP contribution in [0.5, 0.6) is 5.75 Å². The Morgan fingerprint density at radius 2 is 1.95 bits per heavy atom. The van der Waals surface area contributed by atoms with Crippen molar-refractivity contribution in [3.05, 3.63) is 29.6 Å². The molecule has 0 bridgehead atoms.